The average molecular weight is 697 g/mol. The van der Waals surface area contributed by atoms with Crippen LogP contribution in [0.4, 0.5) is 0 Å². The van der Waals surface area contributed by atoms with Crippen molar-refractivity contribution in [3.8, 4) is 51.0 Å². The van der Waals surface area contributed by atoms with Crippen molar-refractivity contribution in [2.24, 2.45) is 0 Å². The van der Waals surface area contributed by atoms with Crippen LogP contribution in [0.2, 0.25) is 0 Å². The lowest BCUT2D eigenvalue weighted by molar-refractivity contribution is 0.670. The zero-order chi connectivity index (χ0) is 40.8. The van der Waals surface area contributed by atoms with Crippen LogP contribution in [0.1, 0.15) is 8.22 Å². The second kappa shape index (κ2) is 12.1. The fraction of sp³-hybridized carbons (Fsp3) is 0. The number of benzene rings is 8. The number of nitrogens with zero attached hydrogens (tertiary/aromatic N) is 4. The molecule has 0 fully saturated rings. The van der Waals surface area contributed by atoms with Gasteiger partial charge in [0.1, 0.15) is 11.2 Å². The van der Waals surface area contributed by atoms with E-state index in [1.54, 1.807) is 4.57 Å². The Bertz CT molecular complexity index is 3510. The van der Waals surface area contributed by atoms with Gasteiger partial charge in [0.05, 0.1) is 24.9 Å². The first-order chi connectivity index (χ1) is 29.2. The van der Waals surface area contributed by atoms with Crippen LogP contribution in [0, 0.1) is 0 Å². The molecule has 3 aromatic heterocycles. The van der Waals surface area contributed by atoms with Crippen LogP contribution in [0.5, 0.6) is 0 Å². The maximum atomic E-state index is 9.23. The van der Waals surface area contributed by atoms with Crippen molar-refractivity contribution in [3.63, 3.8) is 0 Å². The van der Waals surface area contributed by atoms with Gasteiger partial charge in [-0.15, -0.1) is 0 Å². The fourth-order valence-electron chi connectivity index (χ4n) is 7.48. The first kappa shape index (κ1) is 24.8. The Balaban J connectivity index is 1.27. The van der Waals surface area contributed by atoms with Gasteiger partial charge in [0, 0.05) is 43.8 Å². The highest BCUT2D eigenvalue weighted by Gasteiger charge is 2.21. The number of hydrogen-bond donors (Lipinski definition) is 0. The molecular weight excluding hydrogens is 661 g/mol. The summed E-state index contributed by atoms with van der Waals surface area (Å²) in [4.78, 5) is 15.4. The molecule has 0 saturated heterocycles. The molecule has 0 unspecified atom stereocenters. The molecule has 0 amide bonds. The molecule has 0 saturated carbocycles. The van der Waals surface area contributed by atoms with E-state index >= 15 is 0 Å². The van der Waals surface area contributed by atoms with Gasteiger partial charge >= 0.3 is 0 Å². The fourth-order valence-corrected chi connectivity index (χ4v) is 7.48. The molecule has 0 bridgehead atoms. The van der Waals surface area contributed by atoms with Crippen LogP contribution in [0.15, 0.2) is 186 Å². The molecule has 54 heavy (non-hydrogen) atoms. The molecule has 0 spiro atoms. The summed E-state index contributed by atoms with van der Waals surface area (Å²) >= 11 is 0. The van der Waals surface area contributed by atoms with Crippen molar-refractivity contribution in [1.82, 2.24) is 19.5 Å². The first-order valence-corrected chi connectivity index (χ1v) is 17.6. The zero-order valence-electron chi connectivity index (χ0n) is 34.6. The van der Waals surface area contributed by atoms with E-state index < -0.39 is 0 Å². The number of hydrogen-bond acceptors (Lipinski definition) is 4. The predicted octanol–water partition coefficient (Wildman–Crippen LogP) is 12.7. The topological polar surface area (TPSA) is 56.7 Å². The summed E-state index contributed by atoms with van der Waals surface area (Å²) in [6.45, 7) is 0. The molecule has 8 aromatic carbocycles. The van der Waals surface area contributed by atoms with E-state index in [-0.39, 0.29) is 58.1 Å². The third-order valence-electron chi connectivity index (χ3n) is 10.00. The maximum absolute atomic E-state index is 9.23. The molecule has 0 aliphatic carbocycles. The van der Waals surface area contributed by atoms with Crippen LogP contribution in [0.25, 0.3) is 105 Å². The van der Waals surface area contributed by atoms with Crippen molar-refractivity contribution in [1.29, 1.82) is 0 Å². The molecule has 3 heterocycles. The smallest absolute Gasteiger partial charge is 0.166 e. The minimum atomic E-state index is -0.192. The largest absolute Gasteiger partial charge is 0.455 e. The van der Waals surface area contributed by atoms with Gasteiger partial charge in [-0.2, -0.15) is 0 Å². The molecule has 0 atom stereocenters. The lowest BCUT2D eigenvalue weighted by atomic mass is 9.98. The average Bonchev–Trinajstić information content (AvgIpc) is 3.85. The Morgan fingerprint density at radius 2 is 1.11 bits per heavy atom. The SMILES string of the molecule is [2H]c1cc([2H])c2c(c1[2H])c1c([2H])c([2H])cc([2H])c1n2-c1ccc(-c2cccc3c2oc2ccccc23)cc1-c1nc(-c2ccccc2)nc(-c2ccc3ccccc3c2)n1. The highest BCUT2D eigenvalue weighted by molar-refractivity contribution is 6.11. The Morgan fingerprint density at radius 3 is 1.93 bits per heavy atom. The predicted molar refractivity (Wildman–Crippen MR) is 221 cm³/mol. The van der Waals surface area contributed by atoms with E-state index in [0.29, 0.717) is 34.3 Å². The maximum Gasteiger partial charge on any atom is 0.166 e. The molecule has 0 radical (unpaired) electrons. The Hall–Kier alpha value is -7.37. The number of para-hydroxylation sites is 4. The molecule has 5 heteroatoms. The highest BCUT2D eigenvalue weighted by atomic mass is 16.3. The summed E-state index contributed by atoms with van der Waals surface area (Å²) in [5.74, 6) is 1.17. The molecule has 0 N–H and O–H groups in total. The zero-order valence-corrected chi connectivity index (χ0v) is 28.6. The van der Waals surface area contributed by atoms with Crippen molar-refractivity contribution < 1.29 is 12.6 Å². The molecule has 252 valence electrons. The summed E-state index contributed by atoms with van der Waals surface area (Å²) in [7, 11) is 0. The lowest BCUT2D eigenvalue weighted by Gasteiger charge is -2.16. The van der Waals surface area contributed by atoms with E-state index in [2.05, 4.69) is 12.1 Å². The standard InChI is InChI=1S/C49H30N4O/c1-2-14-32(15-3-1)47-50-48(35-26-25-31-13-4-5-16-33(31)29-35)52-49(51-47)41-30-34(36-20-12-21-40-39-19-8-11-24-45(39)54-46(36)40)27-28-44(41)53-42-22-9-6-17-37(42)38-18-7-10-23-43(38)53/h1-30H/i6D,7D,17D,18D,22D,23D. The second-order valence-electron chi connectivity index (χ2n) is 13.1. The minimum Gasteiger partial charge on any atom is -0.455 e. The van der Waals surface area contributed by atoms with Gasteiger partial charge in [0.2, 0.25) is 0 Å². The minimum absolute atomic E-state index is 0.0629. The Morgan fingerprint density at radius 1 is 0.444 bits per heavy atom. The van der Waals surface area contributed by atoms with Gasteiger partial charge in [-0.25, -0.2) is 15.0 Å². The van der Waals surface area contributed by atoms with E-state index in [9.17, 15) is 2.74 Å². The van der Waals surface area contributed by atoms with Crippen LogP contribution in [-0.2, 0) is 0 Å². The quantitative estimate of drug-likeness (QED) is 0.180. The van der Waals surface area contributed by atoms with Gasteiger partial charge in [-0.1, -0.05) is 145 Å². The summed E-state index contributed by atoms with van der Waals surface area (Å²) in [6, 6.07) is 45.3. The molecule has 0 aliphatic heterocycles. The summed E-state index contributed by atoms with van der Waals surface area (Å²) in [5.41, 5.74) is 6.09. The molecule has 5 nitrogen and oxygen atoms in total. The normalized spacial score (nSPS) is 13.3. The van der Waals surface area contributed by atoms with Gasteiger partial charge in [-0.05, 0) is 52.7 Å². The van der Waals surface area contributed by atoms with Crippen molar-refractivity contribution in [2.75, 3.05) is 0 Å². The van der Waals surface area contributed by atoms with Gasteiger partial charge in [-0.3, -0.25) is 0 Å². The summed E-state index contributed by atoms with van der Waals surface area (Å²) in [6.07, 6.45) is 0. The number of fused-ring (bicyclic) bond motifs is 7. The van der Waals surface area contributed by atoms with E-state index in [4.69, 9.17) is 24.9 Å². The third-order valence-corrected chi connectivity index (χ3v) is 10.00. The second-order valence-corrected chi connectivity index (χ2v) is 13.1. The van der Waals surface area contributed by atoms with Crippen LogP contribution >= 0.6 is 0 Å². The van der Waals surface area contributed by atoms with Crippen LogP contribution < -0.4 is 0 Å². The molecule has 11 rings (SSSR count). The Kier molecular flexibility index (Phi) is 5.55. The lowest BCUT2D eigenvalue weighted by Crippen LogP contribution is -2.04. The van der Waals surface area contributed by atoms with E-state index in [1.807, 2.05) is 121 Å². The van der Waals surface area contributed by atoms with Crippen LogP contribution in [0.3, 0.4) is 0 Å². The number of aromatic nitrogens is 4. The number of rotatable bonds is 5. The van der Waals surface area contributed by atoms with Gasteiger partial charge < -0.3 is 8.98 Å². The van der Waals surface area contributed by atoms with Crippen molar-refractivity contribution in [3.05, 3.63) is 182 Å². The summed E-state index contributed by atoms with van der Waals surface area (Å²) < 4.78 is 61.9. The van der Waals surface area contributed by atoms with Crippen molar-refractivity contribution in [2.45, 2.75) is 0 Å². The number of furan rings is 1. The highest BCUT2D eigenvalue weighted by Crippen LogP contribution is 2.41. The molecular formula is C49H30N4O. The van der Waals surface area contributed by atoms with Gasteiger partial charge in [0.15, 0.2) is 17.5 Å². The molecule has 0 aliphatic rings. The third kappa shape index (κ3) is 4.83. The Labute approximate surface area is 318 Å². The van der Waals surface area contributed by atoms with Crippen molar-refractivity contribution >= 4 is 54.5 Å². The molecule has 11 aromatic rings. The van der Waals surface area contributed by atoms with E-state index in [0.717, 1.165) is 49.4 Å². The van der Waals surface area contributed by atoms with Gasteiger partial charge in [0.25, 0.3) is 0 Å². The van der Waals surface area contributed by atoms with Crippen LogP contribution in [-0.4, -0.2) is 19.5 Å². The monoisotopic (exact) mass is 696 g/mol. The van der Waals surface area contributed by atoms with E-state index in [1.165, 1.54) is 12.1 Å². The first-order valence-electron chi connectivity index (χ1n) is 20.6. The summed E-state index contributed by atoms with van der Waals surface area (Å²) in [5, 5.41) is 4.38.